The second kappa shape index (κ2) is 10.4. The molecular formula is C38H42. The van der Waals surface area contributed by atoms with Gasteiger partial charge >= 0.3 is 0 Å². The lowest BCUT2D eigenvalue weighted by molar-refractivity contribution is 0.835. The molecule has 0 nitrogen and oxygen atoms in total. The molecule has 0 aliphatic carbocycles. The van der Waals surface area contributed by atoms with Crippen LogP contribution in [0.3, 0.4) is 0 Å². The Morgan fingerprint density at radius 2 is 0.816 bits per heavy atom. The molecule has 0 saturated heterocycles. The minimum Gasteiger partial charge on any atom is -0.0617 e. The maximum absolute atomic E-state index is 2.44. The highest BCUT2D eigenvalue weighted by Gasteiger charge is 2.24. The first kappa shape index (κ1) is 26.2. The number of rotatable bonds is 6. The Labute approximate surface area is 229 Å². The van der Waals surface area contributed by atoms with Crippen molar-refractivity contribution in [2.24, 2.45) is 0 Å². The third-order valence-electron chi connectivity index (χ3n) is 8.15. The standard InChI is InChI=1S/C38H42/c1-23(2)30-15-11-16-31(24(3)4)36(30)34-20-19-29-21-27-13-9-10-14-28(27)22-35(29)38(34)37-32(25(5)6)17-12-18-33(37)26(7)8/h9-26H,1-8H3. The highest BCUT2D eigenvalue weighted by Crippen LogP contribution is 2.48. The molecule has 38 heavy (non-hydrogen) atoms. The summed E-state index contributed by atoms with van der Waals surface area (Å²) >= 11 is 0. The third-order valence-corrected chi connectivity index (χ3v) is 8.15. The molecule has 0 amide bonds. The zero-order valence-electron chi connectivity index (χ0n) is 24.4. The van der Waals surface area contributed by atoms with Crippen LogP contribution in [0.1, 0.15) is 101 Å². The predicted octanol–water partition coefficient (Wildman–Crippen LogP) is 11.8. The minimum absolute atomic E-state index is 0.428. The van der Waals surface area contributed by atoms with Crippen molar-refractivity contribution in [3.8, 4) is 22.3 Å². The molecule has 0 atom stereocenters. The molecular weight excluding hydrogens is 456 g/mol. The van der Waals surface area contributed by atoms with E-state index in [2.05, 4.69) is 140 Å². The van der Waals surface area contributed by atoms with Crippen molar-refractivity contribution in [1.82, 2.24) is 0 Å². The summed E-state index contributed by atoms with van der Waals surface area (Å²) < 4.78 is 0. The van der Waals surface area contributed by atoms with Gasteiger partial charge in [-0.15, -0.1) is 0 Å². The fraction of sp³-hybridized carbons (Fsp3) is 0.316. The van der Waals surface area contributed by atoms with Gasteiger partial charge in [0.25, 0.3) is 0 Å². The molecule has 0 aliphatic rings. The Balaban J connectivity index is 2.04. The summed E-state index contributed by atoms with van der Waals surface area (Å²) in [5.74, 6) is 1.73. The molecule has 0 unspecified atom stereocenters. The van der Waals surface area contributed by atoms with Crippen LogP contribution in [0.25, 0.3) is 43.8 Å². The van der Waals surface area contributed by atoms with Crippen LogP contribution in [0.15, 0.2) is 84.9 Å². The van der Waals surface area contributed by atoms with Gasteiger partial charge in [-0.3, -0.25) is 0 Å². The zero-order valence-corrected chi connectivity index (χ0v) is 24.4. The van der Waals surface area contributed by atoms with Gasteiger partial charge in [-0.1, -0.05) is 128 Å². The van der Waals surface area contributed by atoms with E-state index in [-0.39, 0.29) is 0 Å². The predicted molar refractivity (Wildman–Crippen MR) is 169 cm³/mol. The highest BCUT2D eigenvalue weighted by molar-refractivity contribution is 6.10. The lowest BCUT2D eigenvalue weighted by atomic mass is 9.77. The monoisotopic (exact) mass is 498 g/mol. The van der Waals surface area contributed by atoms with Crippen molar-refractivity contribution in [1.29, 1.82) is 0 Å². The topological polar surface area (TPSA) is 0 Å². The SMILES string of the molecule is CC(C)c1cccc(C(C)C)c1-c1ccc2cc3ccccc3cc2c1-c1c(C(C)C)cccc1C(C)C. The first-order valence-electron chi connectivity index (χ1n) is 14.4. The fourth-order valence-corrected chi connectivity index (χ4v) is 6.19. The molecule has 0 aliphatic heterocycles. The molecule has 194 valence electrons. The molecule has 0 aromatic heterocycles. The molecule has 0 spiro atoms. The van der Waals surface area contributed by atoms with Crippen LogP contribution in [-0.4, -0.2) is 0 Å². The molecule has 0 bridgehead atoms. The van der Waals surface area contributed by atoms with E-state index in [0.29, 0.717) is 23.7 Å². The fourth-order valence-electron chi connectivity index (χ4n) is 6.19. The van der Waals surface area contributed by atoms with Crippen molar-refractivity contribution in [2.75, 3.05) is 0 Å². The molecule has 5 aromatic carbocycles. The molecule has 0 fully saturated rings. The van der Waals surface area contributed by atoms with Crippen LogP contribution in [0, 0.1) is 0 Å². The van der Waals surface area contributed by atoms with Crippen molar-refractivity contribution in [2.45, 2.75) is 79.1 Å². The van der Waals surface area contributed by atoms with Crippen molar-refractivity contribution >= 4 is 21.5 Å². The van der Waals surface area contributed by atoms with E-state index in [4.69, 9.17) is 0 Å². The maximum atomic E-state index is 2.44. The Kier molecular flexibility index (Phi) is 7.19. The summed E-state index contributed by atoms with van der Waals surface area (Å²) in [6, 6.07) is 32.3. The lowest BCUT2D eigenvalue weighted by Crippen LogP contribution is -2.05. The quantitative estimate of drug-likeness (QED) is 0.204. The van der Waals surface area contributed by atoms with E-state index in [1.807, 2.05) is 0 Å². The number of hydrogen-bond acceptors (Lipinski definition) is 0. The van der Waals surface area contributed by atoms with E-state index >= 15 is 0 Å². The van der Waals surface area contributed by atoms with Crippen LogP contribution in [0.2, 0.25) is 0 Å². The first-order valence-corrected chi connectivity index (χ1v) is 14.4. The molecule has 0 N–H and O–H groups in total. The summed E-state index contributed by atoms with van der Waals surface area (Å²) in [6.07, 6.45) is 0. The average Bonchev–Trinajstić information content (AvgIpc) is 2.90. The van der Waals surface area contributed by atoms with Gasteiger partial charge in [0.05, 0.1) is 0 Å². The van der Waals surface area contributed by atoms with Gasteiger partial charge in [0.2, 0.25) is 0 Å². The molecule has 0 heteroatoms. The molecule has 0 heterocycles. The number of benzene rings is 5. The van der Waals surface area contributed by atoms with Gasteiger partial charge in [0.1, 0.15) is 0 Å². The van der Waals surface area contributed by atoms with Crippen molar-refractivity contribution in [3.05, 3.63) is 107 Å². The summed E-state index contributed by atoms with van der Waals surface area (Å²) in [5, 5.41) is 5.26. The van der Waals surface area contributed by atoms with E-state index < -0.39 is 0 Å². The first-order chi connectivity index (χ1) is 18.2. The number of hydrogen-bond donors (Lipinski definition) is 0. The van der Waals surface area contributed by atoms with Gasteiger partial charge in [-0.2, -0.15) is 0 Å². The van der Waals surface area contributed by atoms with Gasteiger partial charge in [0.15, 0.2) is 0 Å². The lowest BCUT2D eigenvalue weighted by Gasteiger charge is -2.27. The minimum atomic E-state index is 0.428. The Morgan fingerprint density at radius 1 is 0.368 bits per heavy atom. The van der Waals surface area contributed by atoms with Gasteiger partial charge in [-0.05, 0) is 102 Å². The van der Waals surface area contributed by atoms with Gasteiger partial charge < -0.3 is 0 Å². The van der Waals surface area contributed by atoms with Crippen molar-refractivity contribution in [3.63, 3.8) is 0 Å². The van der Waals surface area contributed by atoms with E-state index in [9.17, 15) is 0 Å². The zero-order chi connectivity index (χ0) is 27.1. The average molecular weight is 499 g/mol. The Hall–Kier alpha value is -3.38. The van der Waals surface area contributed by atoms with Crippen LogP contribution < -0.4 is 0 Å². The highest BCUT2D eigenvalue weighted by atomic mass is 14.3. The maximum Gasteiger partial charge on any atom is -0.00206 e. The third kappa shape index (κ3) is 4.55. The van der Waals surface area contributed by atoms with E-state index in [1.54, 1.807) is 0 Å². The second-order valence-corrected chi connectivity index (χ2v) is 12.2. The molecule has 0 saturated carbocycles. The van der Waals surface area contributed by atoms with Crippen molar-refractivity contribution < 1.29 is 0 Å². The van der Waals surface area contributed by atoms with E-state index in [1.165, 1.54) is 66.1 Å². The Morgan fingerprint density at radius 3 is 1.29 bits per heavy atom. The number of fused-ring (bicyclic) bond motifs is 2. The normalized spacial score (nSPS) is 12.1. The smallest absolute Gasteiger partial charge is 0.00206 e. The molecule has 0 radical (unpaired) electrons. The van der Waals surface area contributed by atoms with Gasteiger partial charge in [0, 0.05) is 0 Å². The second-order valence-electron chi connectivity index (χ2n) is 12.2. The molecule has 5 aromatic rings. The van der Waals surface area contributed by atoms with Gasteiger partial charge in [-0.25, -0.2) is 0 Å². The summed E-state index contributed by atoms with van der Waals surface area (Å²) in [7, 11) is 0. The largest absolute Gasteiger partial charge is 0.0617 e. The summed E-state index contributed by atoms with van der Waals surface area (Å²) in [4.78, 5) is 0. The molecule has 5 rings (SSSR count). The Bertz CT molecular complexity index is 1560. The summed E-state index contributed by atoms with van der Waals surface area (Å²) in [5.41, 5.74) is 11.4. The van der Waals surface area contributed by atoms with Crippen LogP contribution in [0.5, 0.6) is 0 Å². The van der Waals surface area contributed by atoms with Crippen LogP contribution >= 0.6 is 0 Å². The van der Waals surface area contributed by atoms with Crippen LogP contribution in [-0.2, 0) is 0 Å². The van der Waals surface area contributed by atoms with E-state index in [0.717, 1.165) is 0 Å². The summed E-state index contributed by atoms with van der Waals surface area (Å²) in [6.45, 7) is 18.7. The van der Waals surface area contributed by atoms with Crippen LogP contribution in [0.4, 0.5) is 0 Å².